The summed E-state index contributed by atoms with van der Waals surface area (Å²) < 4.78 is 12.3. The summed E-state index contributed by atoms with van der Waals surface area (Å²) in [7, 11) is 0. The van der Waals surface area contributed by atoms with Crippen LogP contribution in [0.4, 0.5) is 0 Å². The molecule has 6 N–H and O–H groups in total. The number of amides is 2. The first-order chi connectivity index (χ1) is 28.8. The van der Waals surface area contributed by atoms with Gasteiger partial charge in [-0.3, -0.25) is 19.4 Å². The van der Waals surface area contributed by atoms with Gasteiger partial charge in [0.1, 0.15) is 6.04 Å². The van der Waals surface area contributed by atoms with E-state index < -0.39 is 6.04 Å². The maximum Gasteiger partial charge on any atom is 0.308 e. The van der Waals surface area contributed by atoms with Crippen molar-refractivity contribution < 1.29 is 23.9 Å². The molecule has 1 aliphatic carbocycles. The lowest BCUT2D eigenvalue weighted by Gasteiger charge is -2.28. The van der Waals surface area contributed by atoms with Gasteiger partial charge in [-0.15, -0.1) is 0 Å². The molecule has 1 aliphatic rings. The second-order valence-corrected chi connectivity index (χ2v) is 17.4. The number of nitrogens with two attached hydrogens (primary N) is 2. The zero-order chi connectivity index (χ0) is 43.2. The van der Waals surface area contributed by atoms with Crippen molar-refractivity contribution in [1.82, 2.24) is 10.6 Å². The molecule has 59 heavy (non-hydrogen) atoms. The zero-order valence-electron chi connectivity index (χ0n) is 38.8. The lowest BCUT2D eigenvalue weighted by atomic mass is 9.83. The fourth-order valence-corrected chi connectivity index (χ4v) is 7.96. The monoisotopic (exact) mass is 832 g/mol. The third kappa shape index (κ3) is 29.2. The molecular weight excluding hydrogens is 739 g/mol. The molecule has 0 radical (unpaired) electrons. The molecule has 344 valence electrons. The summed E-state index contributed by atoms with van der Waals surface area (Å²) in [5.74, 6) is 1.42. The molecule has 0 aromatic heterocycles. The van der Waals surface area contributed by atoms with Gasteiger partial charge in [0.15, 0.2) is 5.96 Å². The van der Waals surface area contributed by atoms with Crippen molar-refractivity contribution in [2.45, 2.75) is 239 Å². The Morgan fingerprint density at radius 1 is 0.593 bits per heavy atom. The molecule has 0 heterocycles. The standard InChI is InChI=1S/C49H93N5O5/c1-5-9-13-16-18-23-31-41(30-21-14-10-6-2)46(42-33-28-34-42)58-39-26-20-17-19-24-35-45(55)54-44(36-38-53-49(50)51)47(56)52-37-25-27-40-59-48(57)43(29-12-8-4)32-22-15-11-7-3/h41,43-44H,5-40H2,1-4H3,(H,52,56)(H,54,55)(H4,50,51,53). The predicted octanol–water partition coefficient (Wildman–Crippen LogP) is 11.5. The number of rotatable bonds is 41. The Morgan fingerprint density at radius 3 is 1.69 bits per heavy atom. The maximum atomic E-state index is 13.1. The molecule has 10 heteroatoms. The number of carbonyl (C=O) groups is 3. The molecule has 10 nitrogen and oxygen atoms in total. The number of aliphatic imine (C=N–C) groups is 1. The first-order valence-corrected chi connectivity index (χ1v) is 24.9. The minimum Gasteiger partial charge on any atom is -0.498 e. The van der Waals surface area contributed by atoms with Crippen LogP contribution >= 0.6 is 0 Å². The van der Waals surface area contributed by atoms with Crippen molar-refractivity contribution in [3.8, 4) is 0 Å². The van der Waals surface area contributed by atoms with E-state index in [1.807, 2.05) is 0 Å². The Morgan fingerprint density at radius 2 is 1.10 bits per heavy atom. The van der Waals surface area contributed by atoms with Crippen LogP contribution in [-0.2, 0) is 23.9 Å². The van der Waals surface area contributed by atoms with Crippen molar-refractivity contribution in [3.63, 3.8) is 0 Å². The minimum atomic E-state index is -0.719. The van der Waals surface area contributed by atoms with Crippen molar-refractivity contribution in [2.75, 3.05) is 26.3 Å². The number of nitrogens with zero attached hydrogens (tertiary/aromatic N) is 1. The predicted molar refractivity (Wildman–Crippen MR) is 247 cm³/mol. The first kappa shape index (κ1) is 54.2. The molecule has 3 unspecified atom stereocenters. The highest BCUT2D eigenvalue weighted by Crippen LogP contribution is 2.37. The second-order valence-electron chi connectivity index (χ2n) is 17.4. The normalized spacial score (nSPS) is 13.9. The van der Waals surface area contributed by atoms with E-state index in [1.165, 1.54) is 115 Å². The van der Waals surface area contributed by atoms with Crippen molar-refractivity contribution in [3.05, 3.63) is 11.3 Å². The lowest BCUT2D eigenvalue weighted by Crippen LogP contribution is -2.47. The Bertz CT molecular complexity index is 1120. The zero-order valence-corrected chi connectivity index (χ0v) is 38.8. The molecule has 0 spiro atoms. The number of ether oxygens (including phenoxy) is 2. The molecule has 0 saturated heterocycles. The number of guanidine groups is 1. The van der Waals surface area contributed by atoms with Crippen molar-refractivity contribution in [2.24, 2.45) is 28.3 Å². The van der Waals surface area contributed by atoms with Crippen LogP contribution in [0.15, 0.2) is 16.3 Å². The van der Waals surface area contributed by atoms with Gasteiger partial charge >= 0.3 is 5.97 Å². The topological polar surface area (TPSA) is 158 Å². The third-order valence-electron chi connectivity index (χ3n) is 11.9. The SMILES string of the molecule is CCCCCCCCC(CCCCCC)C(OCCCCCCCC(=O)NC(CCN=C(N)N)C(=O)NCCCCOC(=O)C(CCCC)CCCCCC)=C1CCC1. The molecule has 2 amide bonds. The summed E-state index contributed by atoms with van der Waals surface area (Å²) in [6, 6.07) is -0.719. The van der Waals surface area contributed by atoms with Gasteiger partial charge in [0.25, 0.3) is 0 Å². The molecule has 0 bridgehead atoms. The molecule has 0 aromatic rings. The Kier molecular flexibility index (Phi) is 35.1. The highest BCUT2D eigenvalue weighted by atomic mass is 16.5. The van der Waals surface area contributed by atoms with Gasteiger partial charge in [0, 0.05) is 25.4 Å². The van der Waals surface area contributed by atoms with Gasteiger partial charge in [-0.2, -0.15) is 0 Å². The fraction of sp³-hybridized carbons (Fsp3) is 0.878. The van der Waals surface area contributed by atoms with E-state index in [2.05, 4.69) is 43.3 Å². The van der Waals surface area contributed by atoms with Crippen LogP contribution in [0.25, 0.3) is 0 Å². The van der Waals surface area contributed by atoms with Crippen LogP contribution in [0.5, 0.6) is 0 Å². The Balaban J connectivity index is 2.45. The van der Waals surface area contributed by atoms with E-state index in [1.54, 1.807) is 5.57 Å². The third-order valence-corrected chi connectivity index (χ3v) is 11.9. The van der Waals surface area contributed by atoms with Crippen LogP contribution in [0.1, 0.15) is 233 Å². The van der Waals surface area contributed by atoms with Gasteiger partial charge in [0.05, 0.1) is 24.9 Å². The summed E-state index contributed by atoms with van der Waals surface area (Å²) in [5, 5.41) is 5.86. The van der Waals surface area contributed by atoms with Gasteiger partial charge in [-0.05, 0) is 82.6 Å². The molecule has 0 aromatic carbocycles. The minimum absolute atomic E-state index is 0.0178. The van der Waals surface area contributed by atoms with E-state index >= 15 is 0 Å². The van der Waals surface area contributed by atoms with Crippen LogP contribution in [0.3, 0.4) is 0 Å². The average Bonchev–Trinajstić information content (AvgIpc) is 3.20. The Labute approximate surface area is 362 Å². The summed E-state index contributed by atoms with van der Waals surface area (Å²) in [4.78, 5) is 42.8. The molecule has 1 rings (SSSR count). The largest absolute Gasteiger partial charge is 0.498 e. The van der Waals surface area contributed by atoms with Gasteiger partial charge in [0.2, 0.25) is 11.8 Å². The number of hydrogen-bond acceptors (Lipinski definition) is 6. The summed E-state index contributed by atoms with van der Waals surface area (Å²) in [5.41, 5.74) is 12.6. The molecule has 1 fully saturated rings. The number of unbranched alkanes of at least 4 members (excludes halogenated alkanes) is 17. The molecular formula is C49H93N5O5. The number of esters is 1. The molecule has 3 atom stereocenters. The lowest BCUT2D eigenvalue weighted by molar-refractivity contribution is -0.149. The fourth-order valence-electron chi connectivity index (χ4n) is 7.96. The molecule has 1 saturated carbocycles. The number of allylic oxidation sites excluding steroid dienone is 2. The maximum absolute atomic E-state index is 13.1. The van der Waals surface area contributed by atoms with E-state index in [9.17, 15) is 14.4 Å². The highest BCUT2D eigenvalue weighted by molar-refractivity contribution is 5.87. The van der Waals surface area contributed by atoms with E-state index in [-0.39, 0.29) is 36.2 Å². The molecule has 0 aliphatic heterocycles. The van der Waals surface area contributed by atoms with Gasteiger partial charge in [-0.1, -0.05) is 150 Å². The Hall–Kier alpha value is -2.78. The van der Waals surface area contributed by atoms with Crippen molar-refractivity contribution in [1.29, 1.82) is 0 Å². The summed E-state index contributed by atoms with van der Waals surface area (Å²) in [6.07, 6.45) is 35.0. The summed E-state index contributed by atoms with van der Waals surface area (Å²) in [6.45, 7) is 10.7. The first-order valence-electron chi connectivity index (χ1n) is 24.9. The number of hydrogen-bond donors (Lipinski definition) is 4. The quantitative estimate of drug-likeness (QED) is 0.0157. The highest BCUT2D eigenvalue weighted by Gasteiger charge is 2.24. The van der Waals surface area contributed by atoms with Crippen molar-refractivity contribution >= 4 is 23.7 Å². The number of carbonyl (C=O) groups excluding carboxylic acids is 3. The average molecular weight is 832 g/mol. The summed E-state index contributed by atoms with van der Waals surface area (Å²) >= 11 is 0. The van der Waals surface area contributed by atoms with Crippen LogP contribution in [0.2, 0.25) is 0 Å². The smallest absolute Gasteiger partial charge is 0.308 e. The van der Waals surface area contributed by atoms with Crippen LogP contribution in [0, 0.1) is 11.8 Å². The van der Waals surface area contributed by atoms with E-state index in [0.717, 1.165) is 77.2 Å². The van der Waals surface area contributed by atoms with Crippen LogP contribution in [-0.4, -0.2) is 56.1 Å². The van der Waals surface area contributed by atoms with Crippen LogP contribution < -0.4 is 22.1 Å². The van der Waals surface area contributed by atoms with Gasteiger partial charge in [-0.25, -0.2) is 0 Å². The second kappa shape index (κ2) is 38.2. The van der Waals surface area contributed by atoms with E-state index in [0.29, 0.717) is 44.8 Å². The van der Waals surface area contributed by atoms with E-state index in [4.69, 9.17) is 20.9 Å². The van der Waals surface area contributed by atoms with Gasteiger partial charge < -0.3 is 31.6 Å². The number of nitrogens with one attached hydrogen (secondary N) is 2.